The van der Waals surface area contributed by atoms with Crippen LogP contribution >= 0.6 is 11.3 Å². The van der Waals surface area contributed by atoms with Crippen LogP contribution in [0.1, 0.15) is 51.0 Å². The van der Waals surface area contributed by atoms with Crippen LogP contribution in [0.4, 0.5) is 5.00 Å². The van der Waals surface area contributed by atoms with Gasteiger partial charge in [-0.15, -0.1) is 11.3 Å². The lowest BCUT2D eigenvalue weighted by atomic mass is 10.1. The lowest BCUT2D eigenvalue weighted by molar-refractivity contribution is 0.0379. The summed E-state index contributed by atoms with van der Waals surface area (Å²) >= 11 is 1.35. The summed E-state index contributed by atoms with van der Waals surface area (Å²) in [6, 6.07) is 3.32. The number of hydrogen-bond acceptors (Lipinski definition) is 5. The molecule has 0 unspecified atom stereocenters. The van der Waals surface area contributed by atoms with E-state index in [0.29, 0.717) is 16.3 Å². The quantitative estimate of drug-likeness (QED) is 0.861. The summed E-state index contributed by atoms with van der Waals surface area (Å²) in [5.74, 6) is 0.0586. The van der Waals surface area contributed by atoms with Crippen molar-refractivity contribution in [2.45, 2.75) is 40.7 Å². The largest absolute Gasteiger partial charge is 0.459 e. The van der Waals surface area contributed by atoms with E-state index in [4.69, 9.17) is 9.15 Å². The van der Waals surface area contributed by atoms with Gasteiger partial charge in [0.25, 0.3) is 5.91 Å². The highest BCUT2D eigenvalue weighted by Crippen LogP contribution is 2.33. The Morgan fingerprint density at radius 3 is 2.45 bits per heavy atom. The molecule has 2 rings (SSSR count). The molecule has 5 nitrogen and oxygen atoms in total. The van der Waals surface area contributed by atoms with Crippen LogP contribution in [0.25, 0.3) is 0 Å². The number of nitrogens with one attached hydrogen (secondary N) is 1. The molecule has 0 radical (unpaired) electrons. The number of rotatable bonds is 4. The molecule has 0 saturated heterocycles. The summed E-state index contributed by atoms with van der Waals surface area (Å²) in [7, 11) is 0. The Kier molecular flexibility index (Phi) is 4.71. The minimum absolute atomic E-state index is 0.212. The highest BCUT2D eigenvalue weighted by atomic mass is 32.1. The van der Waals surface area contributed by atoms with Gasteiger partial charge in [0, 0.05) is 4.88 Å². The van der Waals surface area contributed by atoms with E-state index in [1.165, 1.54) is 11.3 Å². The molecule has 1 N–H and O–H groups in total. The number of carbonyl (C=O) groups excluding carboxylic acids is 2. The second-order valence-electron chi connectivity index (χ2n) is 5.31. The first-order valence-electron chi connectivity index (χ1n) is 6.98. The van der Waals surface area contributed by atoms with Crippen molar-refractivity contribution in [1.29, 1.82) is 0 Å². The molecule has 118 valence electrons. The first-order chi connectivity index (χ1) is 10.3. The zero-order valence-corrected chi connectivity index (χ0v) is 14.1. The summed E-state index contributed by atoms with van der Waals surface area (Å²) in [6.45, 7) is 9.09. The van der Waals surface area contributed by atoms with Gasteiger partial charge in [0.15, 0.2) is 5.76 Å². The molecular formula is C16H19NO4S. The molecule has 0 aromatic carbocycles. The fraction of sp³-hybridized carbons (Fsp3) is 0.375. The molecule has 0 bridgehead atoms. The van der Waals surface area contributed by atoms with E-state index in [0.717, 1.165) is 10.4 Å². The smallest absolute Gasteiger partial charge is 0.341 e. The van der Waals surface area contributed by atoms with Crippen LogP contribution in [0.5, 0.6) is 0 Å². The van der Waals surface area contributed by atoms with Crippen molar-refractivity contribution in [3.63, 3.8) is 0 Å². The maximum Gasteiger partial charge on any atom is 0.341 e. The molecule has 6 heteroatoms. The van der Waals surface area contributed by atoms with Crippen LogP contribution in [0.3, 0.4) is 0 Å². The summed E-state index contributed by atoms with van der Waals surface area (Å²) in [5.41, 5.74) is 1.23. The number of amides is 1. The second-order valence-corrected chi connectivity index (χ2v) is 6.53. The predicted molar refractivity (Wildman–Crippen MR) is 85.7 cm³/mol. The number of hydrogen-bond donors (Lipinski definition) is 1. The van der Waals surface area contributed by atoms with Gasteiger partial charge in [0.2, 0.25) is 0 Å². The first-order valence-corrected chi connectivity index (χ1v) is 7.80. The third-order valence-electron chi connectivity index (χ3n) is 3.12. The van der Waals surface area contributed by atoms with Crippen molar-refractivity contribution in [2.24, 2.45) is 0 Å². The van der Waals surface area contributed by atoms with Gasteiger partial charge in [0.1, 0.15) is 10.8 Å². The minimum Gasteiger partial charge on any atom is -0.459 e. The van der Waals surface area contributed by atoms with Crippen molar-refractivity contribution in [3.8, 4) is 0 Å². The molecule has 0 atom stereocenters. The highest BCUT2D eigenvalue weighted by molar-refractivity contribution is 7.16. The molecule has 2 heterocycles. The standard InChI is InChI=1S/C16H19NO4S/c1-8(2)20-16(19)13-10(4)11(5)22-15(13)17-14(18)12-7-6-9(3)21-12/h6-8H,1-5H3,(H,17,18). The molecular weight excluding hydrogens is 302 g/mol. The van der Waals surface area contributed by atoms with Crippen LogP contribution in [0.2, 0.25) is 0 Å². The third kappa shape index (κ3) is 3.39. The van der Waals surface area contributed by atoms with E-state index < -0.39 is 5.97 Å². The van der Waals surface area contributed by atoms with E-state index >= 15 is 0 Å². The highest BCUT2D eigenvalue weighted by Gasteiger charge is 2.24. The average molecular weight is 321 g/mol. The van der Waals surface area contributed by atoms with Crippen LogP contribution < -0.4 is 5.32 Å². The molecule has 0 aliphatic carbocycles. The van der Waals surface area contributed by atoms with Crippen molar-refractivity contribution in [3.05, 3.63) is 39.7 Å². The number of aryl methyl sites for hydroxylation is 2. The number of anilines is 1. The van der Waals surface area contributed by atoms with E-state index in [1.807, 2.05) is 13.8 Å². The average Bonchev–Trinajstić information content (AvgIpc) is 2.94. The summed E-state index contributed by atoms with van der Waals surface area (Å²) in [6.07, 6.45) is -0.219. The number of carbonyl (C=O) groups is 2. The Bertz CT molecular complexity index is 712. The van der Waals surface area contributed by atoms with Crippen molar-refractivity contribution < 1.29 is 18.7 Å². The summed E-state index contributed by atoms with van der Waals surface area (Å²) in [4.78, 5) is 25.4. The van der Waals surface area contributed by atoms with Crippen molar-refractivity contribution in [1.82, 2.24) is 0 Å². The van der Waals surface area contributed by atoms with E-state index in [9.17, 15) is 9.59 Å². The lowest BCUT2D eigenvalue weighted by Crippen LogP contribution is -2.16. The third-order valence-corrected chi connectivity index (χ3v) is 4.25. The Balaban J connectivity index is 2.29. The van der Waals surface area contributed by atoms with Gasteiger partial charge in [0.05, 0.1) is 11.7 Å². The van der Waals surface area contributed by atoms with Gasteiger partial charge < -0.3 is 14.5 Å². The maximum absolute atomic E-state index is 12.2. The Morgan fingerprint density at radius 2 is 1.91 bits per heavy atom. The zero-order valence-electron chi connectivity index (χ0n) is 13.3. The van der Waals surface area contributed by atoms with Gasteiger partial charge in [-0.2, -0.15) is 0 Å². The molecule has 22 heavy (non-hydrogen) atoms. The molecule has 2 aromatic rings. The van der Waals surface area contributed by atoms with Gasteiger partial charge in [-0.25, -0.2) is 4.79 Å². The van der Waals surface area contributed by atoms with Crippen LogP contribution in [-0.2, 0) is 4.74 Å². The number of furan rings is 1. The van der Waals surface area contributed by atoms with Crippen LogP contribution in [-0.4, -0.2) is 18.0 Å². The van der Waals surface area contributed by atoms with E-state index in [-0.39, 0.29) is 17.8 Å². The second kappa shape index (κ2) is 6.36. The Morgan fingerprint density at radius 1 is 1.23 bits per heavy atom. The first kappa shape index (κ1) is 16.3. The monoisotopic (exact) mass is 321 g/mol. The number of thiophene rings is 1. The molecule has 0 fully saturated rings. The normalized spacial score (nSPS) is 10.8. The topological polar surface area (TPSA) is 68.5 Å². The number of ether oxygens (including phenoxy) is 1. The van der Waals surface area contributed by atoms with Gasteiger partial charge in [-0.3, -0.25) is 4.79 Å². The van der Waals surface area contributed by atoms with E-state index in [1.54, 1.807) is 32.9 Å². The molecule has 0 aliphatic heterocycles. The molecule has 1 amide bonds. The van der Waals surface area contributed by atoms with Crippen LogP contribution in [0.15, 0.2) is 16.5 Å². The van der Waals surface area contributed by atoms with Crippen molar-refractivity contribution >= 4 is 28.2 Å². The number of esters is 1. The molecule has 2 aromatic heterocycles. The van der Waals surface area contributed by atoms with Gasteiger partial charge in [-0.1, -0.05) is 0 Å². The SMILES string of the molecule is Cc1ccc(C(=O)Nc2sc(C)c(C)c2C(=O)OC(C)C)o1. The predicted octanol–water partition coefficient (Wildman–Crippen LogP) is 4.08. The lowest BCUT2D eigenvalue weighted by Gasteiger charge is -2.10. The maximum atomic E-state index is 12.2. The summed E-state index contributed by atoms with van der Waals surface area (Å²) in [5, 5.41) is 3.23. The molecule has 0 spiro atoms. The Labute approximate surface area is 133 Å². The van der Waals surface area contributed by atoms with Gasteiger partial charge in [-0.05, 0) is 52.3 Å². The zero-order chi connectivity index (χ0) is 16.4. The fourth-order valence-electron chi connectivity index (χ4n) is 1.96. The van der Waals surface area contributed by atoms with Crippen LogP contribution in [0, 0.1) is 20.8 Å². The van der Waals surface area contributed by atoms with Crippen molar-refractivity contribution in [2.75, 3.05) is 5.32 Å². The minimum atomic E-state index is -0.428. The summed E-state index contributed by atoms with van der Waals surface area (Å²) < 4.78 is 10.6. The fourth-order valence-corrected chi connectivity index (χ4v) is 3.00. The molecule has 0 aliphatic rings. The van der Waals surface area contributed by atoms with E-state index in [2.05, 4.69) is 5.32 Å². The Hall–Kier alpha value is -2.08. The van der Waals surface area contributed by atoms with Gasteiger partial charge >= 0.3 is 5.97 Å². The molecule has 0 saturated carbocycles.